The lowest BCUT2D eigenvalue weighted by Crippen LogP contribution is -2.18. The number of nitrogens with two attached hydrogens (primary N) is 1. The first kappa shape index (κ1) is 15.2. The summed E-state index contributed by atoms with van der Waals surface area (Å²) in [5, 5.41) is 1.10. The second-order valence-electron chi connectivity index (χ2n) is 5.45. The molecule has 0 spiro atoms. The Bertz CT molecular complexity index is 804. The predicted molar refractivity (Wildman–Crippen MR) is 89.9 cm³/mol. The Morgan fingerprint density at radius 1 is 1.09 bits per heavy atom. The molecule has 0 radical (unpaired) electrons. The van der Waals surface area contributed by atoms with Crippen molar-refractivity contribution in [1.29, 1.82) is 0 Å². The van der Waals surface area contributed by atoms with Gasteiger partial charge in [-0.25, -0.2) is 9.97 Å². The number of hydrogen-bond acceptors (Lipinski definition) is 6. The molecule has 0 aliphatic carbocycles. The van der Waals surface area contributed by atoms with Crippen molar-refractivity contribution in [3.8, 4) is 5.75 Å². The molecular formula is C17H19N5O. The average molecular weight is 309 g/mol. The van der Waals surface area contributed by atoms with Gasteiger partial charge in [0.15, 0.2) is 0 Å². The third kappa shape index (κ3) is 3.37. The van der Waals surface area contributed by atoms with Crippen LogP contribution >= 0.6 is 0 Å². The highest BCUT2D eigenvalue weighted by atomic mass is 16.5. The Hall–Kier alpha value is -2.73. The van der Waals surface area contributed by atoms with E-state index in [0.717, 1.165) is 35.3 Å². The monoisotopic (exact) mass is 309 g/mol. The molecule has 1 aromatic carbocycles. The number of nitrogen functional groups attached to an aromatic ring is 1. The first-order valence-electron chi connectivity index (χ1n) is 7.33. The van der Waals surface area contributed by atoms with Crippen molar-refractivity contribution >= 4 is 16.9 Å². The Balaban J connectivity index is 1.82. The summed E-state index contributed by atoms with van der Waals surface area (Å²) in [7, 11) is 3.72. The summed E-state index contributed by atoms with van der Waals surface area (Å²) in [4.78, 5) is 14.7. The molecule has 118 valence electrons. The first-order chi connectivity index (χ1) is 11.2. The zero-order chi connectivity index (χ0) is 16.2. The van der Waals surface area contributed by atoms with Crippen LogP contribution in [0.15, 0.2) is 42.9 Å². The van der Waals surface area contributed by atoms with Crippen molar-refractivity contribution in [3.05, 3.63) is 54.0 Å². The highest BCUT2D eigenvalue weighted by molar-refractivity contribution is 5.87. The molecule has 0 amide bonds. The lowest BCUT2D eigenvalue weighted by molar-refractivity contribution is 0.319. The van der Waals surface area contributed by atoms with Gasteiger partial charge in [0.1, 0.15) is 11.3 Å². The molecule has 3 rings (SSSR count). The van der Waals surface area contributed by atoms with Crippen LogP contribution in [0.4, 0.5) is 5.95 Å². The Morgan fingerprint density at radius 3 is 2.61 bits per heavy atom. The molecule has 0 aliphatic heterocycles. The normalized spacial score (nSPS) is 11.1. The van der Waals surface area contributed by atoms with E-state index in [-0.39, 0.29) is 0 Å². The molecule has 6 nitrogen and oxygen atoms in total. The third-order valence-electron chi connectivity index (χ3n) is 3.66. The molecule has 0 bridgehead atoms. The summed E-state index contributed by atoms with van der Waals surface area (Å²) in [5.41, 5.74) is 8.63. The van der Waals surface area contributed by atoms with Crippen LogP contribution in [-0.4, -0.2) is 34.0 Å². The number of nitrogens with zero attached hydrogens (tertiary/aromatic N) is 4. The summed E-state index contributed by atoms with van der Waals surface area (Å²) >= 11 is 0. The van der Waals surface area contributed by atoms with Crippen molar-refractivity contribution in [3.63, 3.8) is 0 Å². The number of benzene rings is 1. The lowest BCUT2D eigenvalue weighted by Gasteiger charge is -2.18. The van der Waals surface area contributed by atoms with E-state index in [1.165, 1.54) is 5.56 Å². The molecule has 0 atom stereocenters. The quantitative estimate of drug-likeness (QED) is 0.779. The topological polar surface area (TPSA) is 77.2 Å². The molecule has 2 heterocycles. The van der Waals surface area contributed by atoms with E-state index in [1.807, 2.05) is 12.1 Å². The van der Waals surface area contributed by atoms with Gasteiger partial charge in [-0.3, -0.25) is 9.88 Å². The number of rotatable bonds is 5. The van der Waals surface area contributed by atoms with Gasteiger partial charge in [0.25, 0.3) is 0 Å². The maximum Gasteiger partial charge on any atom is 0.219 e. The Kier molecular flexibility index (Phi) is 4.34. The molecule has 6 heteroatoms. The molecule has 0 saturated heterocycles. The molecule has 0 aliphatic rings. The number of fused-ring (bicyclic) bond motifs is 1. The fourth-order valence-electron chi connectivity index (χ4n) is 2.61. The van der Waals surface area contributed by atoms with Crippen LogP contribution in [0.5, 0.6) is 5.75 Å². The van der Waals surface area contributed by atoms with E-state index in [1.54, 1.807) is 25.7 Å². The van der Waals surface area contributed by atoms with E-state index < -0.39 is 0 Å². The SMILES string of the molecule is COc1ccc(CN(C)Cc2cnc(N)nc2)c2cccnc12. The predicted octanol–water partition coefficient (Wildman–Crippen LogP) is 2.25. The van der Waals surface area contributed by atoms with Gasteiger partial charge in [-0.05, 0) is 24.7 Å². The fourth-order valence-corrected chi connectivity index (χ4v) is 2.61. The molecular weight excluding hydrogens is 290 g/mol. The second-order valence-corrected chi connectivity index (χ2v) is 5.45. The minimum Gasteiger partial charge on any atom is -0.494 e. The van der Waals surface area contributed by atoms with Gasteiger partial charge in [0, 0.05) is 42.6 Å². The van der Waals surface area contributed by atoms with Crippen LogP contribution in [0, 0.1) is 0 Å². The molecule has 0 fully saturated rings. The van der Waals surface area contributed by atoms with Gasteiger partial charge < -0.3 is 10.5 Å². The summed E-state index contributed by atoms with van der Waals surface area (Å²) in [6.45, 7) is 1.53. The number of methoxy groups -OCH3 is 1. The zero-order valence-electron chi connectivity index (χ0n) is 13.2. The van der Waals surface area contributed by atoms with E-state index in [2.05, 4.69) is 39.0 Å². The van der Waals surface area contributed by atoms with Gasteiger partial charge in [-0.1, -0.05) is 12.1 Å². The van der Waals surface area contributed by atoms with Crippen LogP contribution in [-0.2, 0) is 13.1 Å². The van der Waals surface area contributed by atoms with Crippen LogP contribution in [0.1, 0.15) is 11.1 Å². The molecule has 2 N–H and O–H groups in total. The maximum absolute atomic E-state index is 5.52. The average Bonchev–Trinajstić information content (AvgIpc) is 2.57. The molecule has 23 heavy (non-hydrogen) atoms. The third-order valence-corrected chi connectivity index (χ3v) is 3.66. The Labute approximate surface area is 135 Å². The number of hydrogen-bond donors (Lipinski definition) is 1. The molecule has 0 saturated carbocycles. The smallest absolute Gasteiger partial charge is 0.219 e. The zero-order valence-corrected chi connectivity index (χ0v) is 13.2. The minimum absolute atomic E-state index is 0.295. The standard InChI is InChI=1S/C17H19N5O/c1-22(10-12-8-20-17(18)21-9-12)11-13-5-6-15(23-2)16-14(13)4-3-7-19-16/h3-9H,10-11H2,1-2H3,(H2,18,20,21). The lowest BCUT2D eigenvalue weighted by atomic mass is 10.1. The van der Waals surface area contributed by atoms with Crippen LogP contribution in [0.2, 0.25) is 0 Å². The summed E-state index contributed by atoms with van der Waals surface area (Å²) in [6.07, 6.45) is 5.29. The highest BCUT2D eigenvalue weighted by Crippen LogP contribution is 2.27. The van der Waals surface area contributed by atoms with E-state index in [0.29, 0.717) is 5.95 Å². The van der Waals surface area contributed by atoms with Crippen LogP contribution in [0.3, 0.4) is 0 Å². The molecule has 3 aromatic rings. The number of anilines is 1. The summed E-state index contributed by atoms with van der Waals surface area (Å²) < 4.78 is 5.39. The van der Waals surface area contributed by atoms with Crippen LogP contribution < -0.4 is 10.5 Å². The fraction of sp³-hybridized carbons (Fsp3) is 0.235. The number of ether oxygens (including phenoxy) is 1. The van der Waals surface area contributed by atoms with E-state index >= 15 is 0 Å². The van der Waals surface area contributed by atoms with Crippen molar-refractivity contribution in [2.24, 2.45) is 0 Å². The summed E-state index contributed by atoms with van der Waals surface area (Å²) in [6, 6.07) is 8.06. The molecule has 2 aromatic heterocycles. The van der Waals surface area contributed by atoms with Gasteiger partial charge in [0.05, 0.1) is 7.11 Å². The number of pyridine rings is 1. The minimum atomic E-state index is 0.295. The van der Waals surface area contributed by atoms with Crippen molar-refractivity contribution < 1.29 is 4.74 Å². The highest BCUT2D eigenvalue weighted by Gasteiger charge is 2.10. The largest absolute Gasteiger partial charge is 0.494 e. The van der Waals surface area contributed by atoms with Gasteiger partial charge in [0.2, 0.25) is 5.95 Å². The summed E-state index contributed by atoms with van der Waals surface area (Å²) in [5.74, 6) is 1.09. The van der Waals surface area contributed by atoms with E-state index in [4.69, 9.17) is 10.5 Å². The number of aromatic nitrogens is 3. The molecule has 0 unspecified atom stereocenters. The Morgan fingerprint density at radius 2 is 1.87 bits per heavy atom. The first-order valence-corrected chi connectivity index (χ1v) is 7.33. The van der Waals surface area contributed by atoms with Crippen molar-refractivity contribution in [2.75, 3.05) is 19.9 Å². The van der Waals surface area contributed by atoms with Crippen molar-refractivity contribution in [1.82, 2.24) is 19.9 Å². The van der Waals surface area contributed by atoms with Crippen LogP contribution in [0.25, 0.3) is 10.9 Å². The maximum atomic E-state index is 5.52. The van der Waals surface area contributed by atoms with Crippen molar-refractivity contribution in [2.45, 2.75) is 13.1 Å². The van der Waals surface area contributed by atoms with Gasteiger partial charge >= 0.3 is 0 Å². The second kappa shape index (κ2) is 6.58. The van der Waals surface area contributed by atoms with E-state index in [9.17, 15) is 0 Å². The van der Waals surface area contributed by atoms with Gasteiger partial charge in [-0.2, -0.15) is 0 Å². The van der Waals surface area contributed by atoms with Gasteiger partial charge in [-0.15, -0.1) is 0 Å².